The van der Waals surface area contributed by atoms with Crippen LogP contribution in [0.15, 0.2) is 12.1 Å². The van der Waals surface area contributed by atoms with Crippen LogP contribution >= 0.6 is 0 Å². The molecule has 4 nitrogen and oxygen atoms in total. The fraction of sp³-hybridized carbons (Fsp3) is 0.400. The Morgan fingerprint density at radius 1 is 1.44 bits per heavy atom. The van der Waals surface area contributed by atoms with Gasteiger partial charge in [-0.15, -0.1) is 0 Å². The third-order valence-corrected chi connectivity index (χ3v) is 2.13. The Balaban J connectivity index is 0.00000225. The van der Waals surface area contributed by atoms with E-state index in [2.05, 4.69) is 0 Å². The molecule has 84 valence electrons. The van der Waals surface area contributed by atoms with Crippen LogP contribution in [-0.2, 0) is 4.74 Å². The SMILES string of the molecule is COc1cc(C(CN)OC)c(F)cc1[O-].[Rb+]. The minimum absolute atomic E-state index is 0. The van der Waals surface area contributed by atoms with Crippen LogP contribution in [0.5, 0.6) is 11.5 Å². The summed E-state index contributed by atoms with van der Waals surface area (Å²) in [5, 5.41) is 11.2. The second kappa shape index (κ2) is 7.73. The van der Waals surface area contributed by atoms with Crippen LogP contribution in [0.4, 0.5) is 4.39 Å². The molecule has 1 aromatic rings. The summed E-state index contributed by atoms with van der Waals surface area (Å²) in [7, 11) is 2.78. The van der Waals surface area contributed by atoms with E-state index in [1.165, 1.54) is 20.3 Å². The molecule has 16 heavy (non-hydrogen) atoms. The van der Waals surface area contributed by atoms with Crippen molar-refractivity contribution in [1.29, 1.82) is 0 Å². The molecule has 2 N–H and O–H groups in total. The topological polar surface area (TPSA) is 67.5 Å². The van der Waals surface area contributed by atoms with E-state index < -0.39 is 17.7 Å². The van der Waals surface area contributed by atoms with Crippen LogP contribution in [0, 0.1) is 5.82 Å². The van der Waals surface area contributed by atoms with E-state index in [-0.39, 0.29) is 76.0 Å². The summed E-state index contributed by atoms with van der Waals surface area (Å²) >= 11 is 0. The van der Waals surface area contributed by atoms with Crippen LogP contribution in [0.25, 0.3) is 0 Å². The summed E-state index contributed by atoms with van der Waals surface area (Å²) < 4.78 is 23.2. The maximum atomic E-state index is 13.4. The largest absolute Gasteiger partial charge is 1.00 e. The van der Waals surface area contributed by atoms with Crippen LogP contribution < -0.4 is 73.8 Å². The van der Waals surface area contributed by atoms with Gasteiger partial charge in [0.05, 0.1) is 13.2 Å². The van der Waals surface area contributed by atoms with Gasteiger partial charge in [0.15, 0.2) is 0 Å². The molecule has 0 aliphatic heterocycles. The fourth-order valence-electron chi connectivity index (χ4n) is 1.31. The number of hydrogen-bond donors (Lipinski definition) is 1. The molecule has 0 spiro atoms. The Kier molecular flexibility index (Phi) is 7.96. The first-order chi connectivity index (χ1) is 7.13. The van der Waals surface area contributed by atoms with Crippen LogP contribution in [0.1, 0.15) is 11.7 Å². The second-order valence-electron chi connectivity index (χ2n) is 2.98. The van der Waals surface area contributed by atoms with E-state index in [0.717, 1.165) is 6.07 Å². The molecular formula is C10H13FNO3Rb. The predicted octanol–water partition coefficient (Wildman–Crippen LogP) is -2.44. The van der Waals surface area contributed by atoms with Gasteiger partial charge in [0.25, 0.3) is 0 Å². The van der Waals surface area contributed by atoms with Gasteiger partial charge in [0.2, 0.25) is 0 Å². The van der Waals surface area contributed by atoms with Crippen molar-refractivity contribution < 1.29 is 77.2 Å². The number of nitrogens with two attached hydrogens (primary N) is 1. The third-order valence-electron chi connectivity index (χ3n) is 2.13. The Labute approximate surface area is 143 Å². The van der Waals surface area contributed by atoms with Gasteiger partial charge >= 0.3 is 58.2 Å². The van der Waals surface area contributed by atoms with Gasteiger partial charge in [0.1, 0.15) is 11.6 Å². The Morgan fingerprint density at radius 2 is 2.06 bits per heavy atom. The van der Waals surface area contributed by atoms with Crippen molar-refractivity contribution in [2.45, 2.75) is 6.10 Å². The predicted molar refractivity (Wildman–Crippen MR) is 51.2 cm³/mol. The number of benzene rings is 1. The molecule has 6 heteroatoms. The summed E-state index contributed by atoms with van der Waals surface area (Å²) in [6, 6.07) is 2.19. The van der Waals surface area contributed by atoms with Crippen LogP contribution in [0.3, 0.4) is 0 Å². The molecule has 0 fully saturated rings. The first-order valence-corrected chi connectivity index (χ1v) is 4.41. The monoisotopic (exact) mass is 299 g/mol. The summed E-state index contributed by atoms with van der Waals surface area (Å²) in [6.45, 7) is 0.134. The maximum absolute atomic E-state index is 13.4. The Hall–Kier alpha value is 0.475. The van der Waals surface area contributed by atoms with Crippen LogP contribution in [-0.4, -0.2) is 20.8 Å². The van der Waals surface area contributed by atoms with E-state index >= 15 is 0 Å². The van der Waals surface area contributed by atoms with Gasteiger partial charge in [0, 0.05) is 19.2 Å². The summed E-state index contributed by atoms with van der Waals surface area (Å²) in [4.78, 5) is 0. The number of methoxy groups -OCH3 is 2. The van der Waals surface area contributed by atoms with Gasteiger partial charge < -0.3 is 20.3 Å². The molecule has 0 saturated heterocycles. The van der Waals surface area contributed by atoms with E-state index in [1.54, 1.807) is 0 Å². The van der Waals surface area contributed by atoms with E-state index in [4.69, 9.17) is 15.2 Å². The van der Waals surface area contributed by atoms with Crippen molar-refractivity contribution in [1.82, 2.24) is 0 Å². The normalized spacial score (nSPS) is 11.8. The van der Waals surface area contributed by atoms with E-state index in [0.29, 0.717) is 0 Å². The average Bonchev–Trinajstić information content (AvgIpc) is 2.22. The van der Waals surface area contributed by atoms with E-state index in [9.17, 15) is 9.50 Å². The molecular weight excluding hydrogens is 287 g/mol. The molecule has 0 aliphatic rings. The maximum Gasteiger partial charge on any atom is 1.00 e. The summed E-state index contributed by atoms with van der Waals surface area (Å²) in [5.41, 5.74) is 5.64. The van der Waals surface area contributed by atoms with Crippen molar-refractivity contribution in [3.8, 4) is 11.5 Å². The second-order valence-corrected chi connectivity index (χ2v) is 2.98. The number of halogens is 1. The molecule has 0 aromatic heterocycles. The van der Waals surface area contributed by atoms with Crippen molar-refractivity contribution in [3.05, 3.63) is 23.5 Å². The zero-order valence-electron chi connectivity index (χ0n) is 9.62. The van der Waals surface area contributed by atoms with Gasteiger partial charge in [-0.2, -0.15) is 0 Å². The fourth-order valence-corrected chi connectivity index (χ4v) is 1.31. The van der Waals surface area contributed by atoms with Gasteiger partial charge in [-0.1, -0.05) is 5.75 Å². The zero-order chi connectivity index (χ0) is 11.4. The summed E-state index contributed by atoms with van der Waals surface area (Å²) in [6.07, 6.45) is -0.570. The molecule has 1 unspecified atom stereocenters. The first kappa shape index (κ1) is 16.5. The number of ether oxygens (including phenoxy) is 2. The van der Waals surface area contributed by atoms with Gasteiger partial charge in [-0.05, 0) is 12.1 Å². The molecule has 0 amide bonds. The average molecular weight is 300 g/mol. The summed E-state index contributed by atoms with van der Waals surface area (Å²) in [5.74, 6) is -1.04. The minimum atomic E-state index is -0.627. The number of rotatable bonds is 4. The zero-order valence-corrected chi connectivity index (χ0v) is 14.5. The van der Waals surface area contributed by atoms with Crippen molar-refractivity contribution >= 4 is 0 Å². The molecule has 0 radical (unpaired) electrons. The first-order valence-electron chi connectivity index (χ1n) is 4.41. The minimum Gasteiger partial charge on any atom is -0.870 e. The smallest absolute Gasteiger partial charge is 0.870 e. The molecule has 0 saturated carbocycles. The van der Waals surface area contributed by atoms with Crippen LogP contribution in [0.2, 0.25) is 0 Å². The third kappa shape index (κ3) is 3.75. The molecule has 1 atom stereocenters. The molecule has 0 bridgehead atoms. The van der Waals surface area contributed by atoms with Crippen molar-refractivity contribution in [3.63, 3.8) is 0 Å². The van der Waals surface area contributed by atoms with E-state index in [1.807, 2.05) is 0 Å². The quantitative estimate of drug-likeness (QED) is 0.671. The molecule has 0 heterocycles. The van der Waals surface area contributed by atoms with Crippen molar-refractivity contribution in [2.75, 3.05) is 20.8 Å². The standard InChI is InChI=1S/C10H14FNO3.Rb/c1-14-9-3-6(10(5-12)15-2)7(11)4-8(9)13;/h3-4,10,13H,5,12H2,1-2H3;/q;+1/p-1. The Bertz CT molecular complexity index is 345. The number of hydrogen-bond acceptors (Lipinski definition) is 4. The molecule has 1 rings (SSSR count). The van der Waals surface area contributed by atoms with Gasteiger partial charge in [-0.3, -0.25) is 0 Å². The van der Waals surface area contributed by atoms with Gasteiger partial charge in [-0.25, -0.2) is 4.39 Å². The Morgan fingerprint density at radius 3 is 2.50 bits per heavy atom. The molecule has 1 aromatic carbocycles. The molecule has 0 aliphatic carbocycles. The van der Waals surface area contributed by atoms with Crippen molar-refractivity contribution in [2.24, 2.45) is 5.73 Å².